The first-order chi connectivity index (χ1) is 8.59. The zero-order chi connectivity index (χ0) is 13.4. The van der Waals surface area contributed by atoms with E-state index >= 15 is 0 Å². The topological polar surface area (TPSA) is 69.2 Å². The summed E-state index contributed by atoms with van der Waals surface area (Å²) in [5, 5.41) is 13.0. The summed E-state index contributed by atoms with van der Waals surface area (Å²) in [7, 11) is 0. The van der Waals surface area contributed by atoms with Gasteiger partial charge >= 0.3 is 0 Å². The van der Waals surface area contributed by atoms with Crippen molar-refractivity contribution in [3.63, 3.8) is 0 Å². The van der Waals surface area contributed by atoms with E-state index in [4.69, 9.17) is 0 Å². The molecule has 5 heteroatoms. The molecule has 98 valence electrons. The highest BCUT2D eigenvalue weighted by atomic mass is 127. The summed E-state index contributed by atoms with van der Waals surface area (Å²) in [4.78, 5) is 21.9. The fourth-order valence-electron chi connectivity index (χ4n) is 1.50. The highest BCUT2D eigenvalue weighted by molar-refractivity contribution is 14.1. The Morgan fingerprint density at radius 3 is 2.67 bits per heavy atom. The lowest BCUT2D eigenvalue weighted by Crippen LogP contribution is -2.24. The van der Waals surface area contributed by atoms with E-state index in [1.54, 1.807) is 6.07 Å². The second-order valence-electron chi connectivity index (χ2n) is 3.95. The third kappa shape index (κ3) is 6.00. The molecule has 1 N–H and O–H groups in total. The molecule has 0 fully saturated rings. The number of nitrogens with one attached hydrogen (secondary N) is 1. The standard InChI is InChI=1S/C13H16INO3/c14-11-6-4-5-10(9-11)13(18)15-8-3-1-2-7-12(16)17/h4-6,9H,1-3,7-8H2,(H,15,18)(H,16,17)/p-1. The van der Waals surface area contributed by atoms with Gasteiger partial charge in [-0.15, -0.1) is 0 Å². The maximum absolute atomic E-state index is 11.7. The van der Waals surface area contributed by atoms with E-state index in [0.717, 1.165) is 16.4 Å². The van der Waals surface area contributed by atoms with Crippen molar-refractivity contribution in [3.8, 4) is 0 Å². The molecule has 0 bridgehead atoms. The summed E-state index contributed by atoms with van der Waals surface area (Å²) >= 11 is 2.16. The number of rotatable bonds is 7. The van der Waals surface area contributed by atoms with Crippen LogP contribution in [0.15, 0.2) is 24.3 Å². The second kappa shape index (κ2) is 8.07. The van der Waals surface area contributed by atoms with Crippen molar-refractivity contribution >= 4 is 34.5 Å². The van der Waals surface area contributed by atoms with Gasteiger partial charge in [-0.05, 0) is 60.1 Å². The van der Waals surface area contributed by atoms with E-state index in [0.29, 0.717) is 18.5 Å². The molecule has 0 spiro atoms. The number of carboxylic acid groups (broad SMARTS) is 1. The average Bonchev–Trinajstić information content (AvgIpc) is 2.33. The summed E-state index contributed by atoms with van der Waals surface area (Å²) in [5.74, 6) is -1.11. The smallest absolute Gasteiger partial charge is 0.251 e. The Bertz CT molecular complexity index is 420. The van der Waals surface area contributed by atoms with E-state index in [1.807, 2.05) is 18.2 Å². The van der Waals surface area contributed by atoms with Crippen LogP contribution in [0.4, 0.5) is 0 Å². The minimum Gasteiger partial charge on any atom is -0.550 e. The van der Waals surface area contributed by atoms with Gasteiger partial charge < -0.3 is 15.2 Å². The molecule has 18 heavy (non-hydrogen) atoms. The van der Waals surface area contributed by atoms with E-state index in [1.165, 1.54) is 0 Å². The number of amides is 1. The number of carboxylic acids is 1. The summed E-state index contributed by atoms with van der Waals surface area (Å²) in [6.45, 7) is 0.567. The fraction of sp³-hybridized carbons (Fsp3) is 0.385. The summed E-state index contributed by atoms with van der Waals surface area (Å²) < 4.78 is 1.02. The lowest BCUT2D eigenvalue weighted by atomic mass is 10.2. The Balaban J connectivity index is 2.20. The Morgan fingerprint density at radius 1 is 1.22 bits per heavy atom. The summed E-state index contributed by atoms with van der Waals surface area (Å²) in [6.07, 6.45) is 2.25. The lowest BCUT2D eigenvalue weighted by Gasteiger charge is -2.06. The van der Waals surface area contributed by atoms with Crippen molar-refractivity contribution in [2.75, 3.05) is 6.54 Å². The van der Waals surface area contributed by atoms with Gasteiger partial charge in [-0.25, -0.2) is 0 Å². The van der Waals surface area contributed by atoms with Crippen LogP contribution < -0.4 is 10.4 Å². The van der Waals surface area contributed by atoms with Gasteiger partial charge in [-0.1, -0.05) is 12.5 Å². The second-order valence-corrected chi connectivity index (χ2v) is 5.19. The Morgan fingerprint density at radius 2 is 2.00 bits per heavy atom. The molecule has 0 aliphatic heterocycles. The first-order valence-electron chi connectivity index (χ1n) is 5.83. The number of aliphatic carboxylic acids is 1. The molecule has 1 aromatic carbocycles. The first-order valence-corrected chi connectivity index (χ1v) is 6.91. The predicted octanol–water partition coefficient (Wildman–Crippen LogP) is 1.33. The van der Waals surface area contributed by atoms with Crippen molar-refractivity contribution in [2.24, 2.45) is 0 Å². The Hall–Kier alpha value is -1.11. The van der Waals surface area contributed by atoms with Crippen LogP contribution in [0, 0.1) is 3.57 Å². The number of hydrogen-bond acceptors (Lipinski definition) is 3. The minimum absolute atomic E-state index is 0.0881. The van der Waals surface area contributed by atoms with Gasteiger partial charge in [0.05, 0.1) is 0 Å². The molecule has 0 saturated carbocycles. The van der Waals surface area contributed by atoms with Gasteiger partial charge in [0.15, 0.2) is 0 Å². The lowest BCUT2D eigenvalue weighted by molar-refractivity contribution is -0.305. The van der Waals surface area contributed by atoms with Gasteiger partial charge in [-0.3, -0.25) is 4.79 Å². The normalized spacial score (nSPS) is 10.1. The zero-order valence-corrected chi connectivity index (χ0v) is 12.1. The van der Waals surface area contributed by atoms with Crippen LogP contribution >= 0.6 is 22.6 Å². The first kappa shape index (κ1) is 14.9. The van der Waals surface area contributed by atoms with Crippen molar-refractivity contribution in [1.82, 2.24) is 5.32 Å². The number of benzene rings is 1. The van der Waals surface area contributed by atoms with Crippen molar-refractivity contribution < 1.29 is 14.7 Å². The SMILES string of the molecule is O=C([O-])CCCCCNC(=O)c1cccc(I)c1. The molecule has 0 aromatic heterocycles. The van der Waals surface area contributed by atoms with Gasteiger partial charge in [0.1, 0.15) is 0 Å². The van der Waals surface area contributed by atoms with Crippen molar-refractivity contribution in [3.05, 3.63) is 33.4 Å². The molecule has 0 heterocycles. The third-order valence-electron chi connectivity index (χ3n) is 2.43. The van der Waals surface area contributed by atoms with Gasteiger partial charge in [-0.2, -0.15) is 0 Å². The Kier molecular flexibility index (Phi) is 6.70. The number of halogens is 1. The van der Waals surface area contributed by atoms with E-state index < -0.39 is 5.97 Å². The van der Waals surface area contributed by atoms with E-state index in [9.17, 15) is 14.7 Å². The minimum atomic E-state index is -1.02. The third-order valence-corrected chi connectivity index (χ3v) is 3.10. The number of carbonyl (C=O) groups is 2. The fourth-order valence-corrected chi connectivity index (χ4v) is 2.05. The summed E-state index contributed by atoms with van der Waals surface area (Å²) in [6, 6.07) is 7.37. The number of unbranched alkanes of at least 4 members (excludes halogenated alkanes) is 2. The molecule has 0 radical (unpaired) electrons. The molecule has 1 aromatic rings. The zero-order valence-electron chi connectivity index (χ0n) is 9.95. The molecular weight excluding hydrogens is 345 g/mol. The number of carbonyl (C=O) groups excluding carboxylic acids is 2. The van der Waals surface area contributed by atoms with Crippen LogP contribution in [-0.2, 0) is 4.79 Å². The molecular formula is C13H15INO3-. The van der Waals surface area contributed by atoms with Crippen LogP contribution in [0.3, 0.4) is 0 Å². The van der Waals surface area contributed by atoms with Crippen LogP contribution in [0.1, 0.15) is 36.0 Å². The molecule has 0 unspecified atom stereocenters. The largest absolute Gasteiger partial charge is 0.550 e. The van der Waals surface area contributed by atoms with Gasteiger partial charge in [0, 0.05) is 21.6 Å². The maximum Gasteiger partial charge on any atom is 0.251 e. The van der Waals surface area contributed by atoms with Crippen molar-refractivity contribution in [1.29, 1.82) is 0 Å². The average molecular weight is 360 g/mol. The maximum atomic E-state index is 11.7. The highest BCUT2D eigenvalue weighted by Gasteiger charge is 2.04. The van der Waals surface area contributed by atoms with Crippen LogP contribution in [-0.4, -0.2) is 18.4 Å². The Labute approximate surface area is 120 Å². The van der Waals surface area contributed by atoms with E-state index in [2.05, 4.69) is 27.9 Å². The quantitative estimate of drug-likeness (QED) is 0.589. The van der Waals surface area contributed by atoms with Crippen LogP contribution in [0.25, 0.3) is 0 Å². The summed E-state index contributed by atoms with van der Waals surface area (Å²) in [5.41, 5.74) is 0.650. The molecule has 1 rings (SSSR count). The van der Waals surface area contributed by atoms with Gasteiger partial charge in [0.25, 0.3) is 5.91 Å². The van der Waals surface area contributed by atoms with Crippen LogP contribution in [0.5, 0.6) is 0 Å². The molecule has 0 saturated heterocycles. The predicted molar refractivity (Wildman–Crippen MR) is 75.0 cm³/mol. The molecule has 1 amide bonds. The molecule has 0 atom stereocenters. The number of hydrogen-bond donors (Lipinski definition) is 1. The molecule has 0 aliphatic carbocycles. The van der Waals surface area contributed by atoms with Gasteiger partial charge in [0.2, 0.25) is 0 Å². The van der Waals surface area contributed by atoms with E-state index in [-0.39, 0.29) is 12.3 Å². The van der Waals surface area contributed by atoms with Crippen molar-refractivity contribution in [2.45, 2.75) is 25.7 Å². The monoisotopic (exact) mass is 360 g/mol. The molecule has 0 aliphatic rings. The molecule has 4 nitrogen and oxygen atoms in total. The highest BCUT2D eigenvalue weighted by Crippen LogP contribution is 2.07. The van der Waals surface area contributed by atoms with Crippen LogP contribution in [0.2, 0.25) is 0 Å².